The van der Waals surface area contributed by atoms with Gasteiger partial charge >= 0.3 is 5.97 Å². The van der Waals surface area contributed by atoms with Crippen LogP contribution in [0.25, 0.3) is 0 Å². The summed E-state index contributed by atoms with van der Waals surface area (Å²) in [6.45, 7) is 4.00. The van der Waals surface area contributed by atoms with E-state index in [1.165, 1.54) is 5.57 Å². The normalized spacial score (nSPS) is 12.0. The van der Waals surface area contributed by atoms with Gasteiger partial charge in [-0.15, -0.1) is 0 Å². The zero-order valence-electron chi connectivity index (χ0n) is 15.3. The van der Waals surface area contributed by atoms with Gasteiger partial charge in [0.15, 0.2) is 0 Å². The van der Waals surface area contributed by atoms with Crippen molar-refractivity contribution in [1.82, 2.24) is 5.01 Å². The van der Waals surface area contributed by atoms with Crippen LogP contribution in [-0.2, 0) is 4.74 Å². The molecular formula is C20H28N2O3. The number of ether oxygens (including phenoxy) is 1. The summed E-state index contributed by atoms with van der Waals surface area (Å²) >= 11 is 0. The first-order valence-electron chi connectivity index (χ1n) is 7.87. The third-order valence-corrected chi connectivity index (χ3v) is 2.85. The van der Waals surface area contributed by atoms with Crippen LogP contribution >= 0.6 is 0 Å². The molecule has 0 bridgehead atoms. The molecule has 1 aromatic rings. The van der Waals surface area contributed by atoms with E-state index in [0.717, 1.165) is 12.2 Å². The van der Waals surface area contributed by atoms with Gasteiger partial charge in [0.1, 0.15) is 5.76 Å². The molecule has 0 unspecified atom stereocenters. The highest BCUT2D eigenvalue weighted by atomic mass is 16.5. The Balaban J connectivity index is 0.000000535. The molecule has 0 aliphatic rings. The lowest BCUT2D eigenvalue weighted by Gasteiger charge is -2.05. The number of carboxylic acid groups (broad SMARTS) is 1. The van der Waals surface area contributed by atoms with Gasteiger partial charge in [0.05, 0.1) is 12.7 Å². The fraction of sp³-hybridized carbons (Fsp3) is 0.250. The maximum absolute atomic E-state index is 10.2. The summed E-state index contributed by atoms with van der Waals surface area (Å²) in [5, 5.41) is 9.94. The average Bonchev–Trinajstić information content (AvgIpc) is 2.58. The van der Waals surface area contributed by atoms with Gasteiger partial charge in [-0.1, -0.05) is 42.0 Å². The fourth-order valence-corrected chi connectivity index (χ4v) is 1.75. The van der Waals surface area contributed by atoms with Gasteiger partial charge in [-0.2, -0.15) is 0 Å². The van der Waals surface area contributed by atoms with Crippen LogP contribution in [0.15, 0.2) is 78.2 Å². The minimum Gasteiger partial charge on any atom is -0.497 e. The maximum Gasteiger partial charge on any atom is 0.335 e. The molecule has 0 fully saturated rings. The lowest BCUT2D eigenvalue weighted by atomic mass is 10.2. The molecule has 3 N–H and O–H groups in total. The molecule has 0 saturated heterocycles. The number of methoxy groups -OCH3 is 1. The summed E-state index contributed by atoms with van der Waals surface area (Å²) in [4.78, 5) is 10.2. The van der Waals surface area contributed by atoms with Crippen LogP contribution in [-0.4, -0.2) is 30.2 Å². The van der Waals surface area contributed by atoms with Crippen molar-refractivity contribution in [3.05, 3.63) is 83.8 Å². The zero-order valence-corrected chi connectivity index (χ0v) is 15.3. The number of carbonyl (C=O) groups is 1. The molecule has 0 aliphatic heterocycles. The van der Waals surface area contributed by atoms with Crippen molar-refractivity contribution in [1.29, 1.82) is 0 Å². The molecule has 5 nitrogen and oxygen atoms in total. The highest BCUT2D eigenvalue weighted by Crippen LogP contribution is 2.03. The zero-order chi connectivity index (χ0) is 19.1. The monoisotopic (exact) mass is 344 g/mol. The first-order valence-corrected chi connectivity index (χ1v) is 7.87. The molecule has 0 amide bonds. The number of nitrogens with two attached hydrogens (primary N) is 1. The lowest BCUT2D eigenvalue weighted by Crippen LogP contribution is -2.18. The Morgan fingerprint density at radius 3 is 2.40 bits per heavy atom. The van der Waals surface area contributed by atoms with Crippen LogP contribution in [0.4, 0.5) is 0 Å². The quantitative estimate of drug-likeness (QED) is 0.337. The summed E-state index contributed by atoms with van der Waals surface area (Å²) in [5.74, 6) is 5.46. The van der Waals surface area contributed by atoms with Crippen molar-refractivity contribution in [2.24, 2.45) is 5.84 Å². The van der Waals surface area contributed by atoms with E-state index < -0.39 is 5.97 Å². The van der Waals surface area contributed by atoms with Gasteiger partial charge in [0, 0.05) is 13.2 Å². The van der Waals surface area contributed by atoms with Crippen LogP contribution in [0.3, 0.4) is 0 Å². The fourth-order valence-electron chi connectivity index (χ4n) is 1.75. The molecule has 0 aliphatic carbocycles. The average molecular weight is 344 g/mol. The molecule has 0 atom stereocenters. The highest BCUT2D eigenvalue weighted by molar-refractivity contribution is 5.87. The summed E-state index contributed by atoms with van der Waals surface area (Å²) in [7, 11) is 3.47. The van der Waals surface area contributed by atoms with Gasteiger partial charge in [0.25, 0.3) is 0 Å². The van der Waals surface area contributed by atoms with Gasteiger partial charge in [-0.05, 0) is 44.6 Å². The van der Waals surface area contributed by atoms with Crippen molar-refractivity contribution in [2.45, 2.75) is 20.3 Å². The summed E-state index contributed by atoms with van der Waals surface area (Å²) in [6, 6.07) is 8.30. The molecule has 0 heterocycles. The van der Waals surface area contributed by atoms with Crippen molar-refractivity contribution >= 4 is 5.97 Å². The predicted octanol–water partition coefficient (Wildman–Crippen LogP) is 4.13. The number of carboxylic acids is 1. The third kappa shape index (κ3) is 12.3. The molecule has 25 heavy (non-hydrogen) atoms. The second-order valence-corrected chi connectivity index (χ2v) is 5.22. The number of aromatic carboxylic acids is 1. The van der Waals surface area contributed by atoms with Crippen LogP contribution in [0.5, 0.6) is 0 Å². The van der Waals surface area contributed by atoms with Crippen molar-refractivity contribution in [3.8, 4) is 0 Å². The second-order valence-electron chi connectivity index (χ2n) is 5.22. The Kier molecular flexibility index (Phi) is 12.1. The van der Waals surface area contributed by atoms with E-state index in [1.54, 1.807) is 42.5 Å². The number of hydrogen-bond donors (Lipinski definition) is 2. The Labute approximate surface area is 150 Å². The number of hydrazine groups is 1. The Morgan fingerprint density at radius 1 is 1.32 bits per heavy atom. The third-order valence-electron chi connectivity index (χ3n) is 2.85. The van der Waals surface area contributed by atoms with E-state index >= 15 is 0 Å². The molecule has 0 spiro atoms. The van der Waals surface area contributed by atoms with Gasteiger partial charge in [-0.3, -0.25) is 0 Å². The highest BCUT2D eigenvalue weighted by Gasteiger charge is 1.96. The molecule has 1 aromatic carbocycles. The van der Waals surface area contributed by atoms with Gasteiger partial charge in [-0.25, -0.2) is 10.6 Å². The summed E-state index contributed by atoms with van der Waals surface area (Å²) in [5.41, 5.74) is 1.54. The van der Waals surface area contributed by atoms with E-state index in [9.17, 15) is 4.79 Å². The van der Waals surface area contributed by atoms with Gasteiger partial charge < -0.3 is 14.9 Å². The van der Waals surface area contributed by atoms with Crippen molar-refractivity contribution in [3.63, 3.8) is 0 Å². The van der Waals surface area contributed by atoms with E-state index in [-0.39, 0.29) is 0 Å². The number of allylic oxidation sites excluding steroid dienone is 6. The van der Waals surface area contributed by atoms with E-state index in [1.807, 2.05) is 51.4 Å². The van der Waals surface area contributed by atoms with E-state index in [2.05, 4.69) is 6.08 Å². The second kappa shape index (κ2) is 13.6. The minimum absolute atomic E-state index is 0.331. The summed E-state index contributed by atoms with van der Waals surface area (Å²) in [6.07, 6.45) is 12.6. The Hall–Kier alpha value is -2.79. The van der Waals surface area contributed by atoms with Crippen molar-refractivity contribution < 1.29 is 14.6 Å². The summed E-state index contributed by atoms with van der Waals surface area (Å²) < 4.78 is 5.14. The number of benzene rings is 1. The molecule has 0 radical (unpaired) electrons. The molecule has 0 aromatic heterocycles. The van der Waals surface area contributed by atoms with Gasteiger partial charge in [0.2, 0.25) is 0 Å². The topological polar surface area (TPSA) is 75.8 Å². The maximum atomic E-state index is 10.2. The number of rotatable bonds is 7. The first-order chi connectivity index (χ1) is 11.9. The number of nitrogens with zero attached hydrogens (tertiary/aromatic N) is 1. The Morgan fingerprint density at radius 2 is 1.96 bits per heavy atom. The van der Waals surface area contributed by atoms with E-state index in [0.29, 0.717) is 5.56 Å². The standard InChI is InChI=1S/C13H22N2O.C7H6O2/c1-5-8-13(16-4)10-7-6-9-12(2)11-15(3)14;8-7(9)6-4-2-1-3-5-6/h5-8,10-11H,9,14H2,1-4H3;1-5H,(H,8,9)/b7-6+,8-5-,12-11-,13-10+;. The largest absolute Gasteiger partial charge is 0.497 e. The molecule has 1 rings (SSSR count). The van der Waals surface area contributed by atoms with Crippen molar-refractivity contribution in [2.75, 3.05) is 14.2 Å². The molecule has 0 saturated carbocycles. The number of hydrogen-bond acceptors (Lipinski definition) is 4. The SMILES string of the molecule is C\C=C/C(=C\C=C\C/C(C)=C\N(C)N)OC.O=C(O)c1ccccc1. The van der Waals surface area contributed by atoms with E-state index in [4.69, 9.17) is 15.7 Å². The van der Waals surface area contributed by atoms with Crippen LogP contribution < -0.4 is 5.84 Å². The molecular weight excluding hydrogens is 316 g/mol. The first kappa shape index (κ1) is 22.2. The predicted molar refractivity (Wildman–Crippen MR) is 103 cm³/mol. The minimum atomic E-state index is -0.879. The van der Waals surface area contributed by atoms with Crippen LogP contribution in [0.1, 0.15) is 30.6 Å². The Bertz CT molecular complexity index is 615. The molecule has 5 heteroatoms. The molecule has 136 valence electrons. The van der Waals surface area contributed by atoms with Crippen LogP contribution in [0.2, 0.25) is 0 Å². The smallest absolute Gasteiger partial charge is 0.335 e. The lowest BCUT2D eigenvalue weighted by molar-refractivity contribution is 0.0697. The van der Waals surface area contributed by atoms with Crippen LogP contribution in [0, 0.1) is 0 Å².